The van der Waals surface area contributed by atoms with Gasteiger partial charge in [0.2, 0.25) is 0 Å². The predicted molar refractivity (Wildman–Crippen MR) is 82.2 cm³/mol. The van der Waals surface area contributed by atoms with Crippen molar-refractivity contribution >= 4 is 0 Å². The summed E-state index contributed by atoms with van der Waals surface area (Å²) in [4.78, 5) is 6.60. The van der Waals surface area contributed by atoms with Crippen molar-refractivity contribution in [3.05, 3.63) is 30.1 Å². The first-order valence-corrected chi connectivity index (χ1v) is 7.53. The molecular weight excluding hydrogens is 234 g/mol. The largest absolute Gasteiger partial charge is 0.314 e. The molecule has 1 rings (SSSR count). The smallest absolute Gasteiger partial charge is 0.0271 e. The van der Waals surface area contributed by atoms with Gasteiger partial charge >= 0.3 is 0 Å². The maximum absolute atomic E-state index is 4.08. The van der Waals surface area contributed by atoms with Crippen LogP contribution in [0.3, 0.4) is 0 Å². The number of nitrogens with zero attached hydrogens (tertiary/aromatic N) is 2. The Morgan fingerprint density at radius 2 is 1.89 bits per heavy atom. The number of rotatable bonds is 9. The maximum atomic E-state index is 4.08. The normalized spacial score (nSPS) is 14.6. The Balaban J connectivity index is 2.45. The number of hydrogen-bond donors (Lipinski definition) is 1. The van der Waals surface area contributed by atoms with Gasteiger partial charge in [0.25, 0.3) is 0 Å². The van der Waals surface area contributed by atoms with Gasteiger partial charge in [0.15, 0.2) is 0 Å². The minimum absolute atomic E-state index is 0.585. The van der Waals surface area contributed by atoms with Crippen molar-refractivity contribution in [2.24, 2.45) is 0 Å². The van der Waals surface area contributed by atoms with Crippen LogP contribution >= 0.6 is 0 Å². The lowest BCUT2D eigenvalue weighted by Crippen LogP contribution is -2.38. The second-order valence-corrected chi connectivity index (χ2v) is 5.36. The lowest BCUT2D eigenvalue weighted by molar-refractivity contribution is 0.189. The fraction of sp³-hybridized carbons (Fsp3) is 0.688. The Morgan fingerprint density at radius 3 is 2.47 bits per heavy atom. The predicted octanol–water partition coefficient (Wildman–Crippen LogP) is 3.07. The van der Waals surface area contributed by atoms with E-state index in [1.807, 2.05) is 12.4 Å². The molecule has 2 atom stereocenters. The molecule has 1 aromatic rings. The maximum Gasteiger partial charge on any atom is 0.0271 e. The highest BCUT2D eigenvalue weighted by Gasteiger charge is 2.15. The zero-order chi connectivity index (χ0) is 14.1. The van der Waals surface area contributed by atoms with E-state index < -0.39 is 0 Å². The second kappa shape index (κ2) is 9.05. The average Bonchev–Trinajstić information content (AvgIpc) is 2.43. The topological polar surface area (TPSA) is 28.2 Å². The van der Waals surface area contributed by atoms with Gasteiger partial charge in [0.1, 0.15) is 0 Å². The molecule has 0 saturated carbocycles. The highest BCUT2D eigenvalue weighted by atomic mass is 15.1. The third kappa shape index (κ3) is 6.17. The fourth-order valence-electron chi connectivity index (χ4n) is 2.44. The van der Waals surface area contributed by atoms with Gasteiger partial charge in [-0.15, -0.1) is 0 Å². The highest BCUT2D eigenvalue weighted by molar-refractivity contribution is 5.09. The van der Waals surface area contributed by atoms with Crippen molar-refractivity contribution < 1.29 is 0 Å². The molecule has 1 heterocycles. The molecule has 3 heteroatoms. The van der Waals surface area contributed by atoms with E-state index in [1.54, 1.807) is 0 Å². The van der Waals surface area contributed by atoms with Gasteiger partial charge in [-0.1, -0.05) is 13.8 Å². The molecule has 0 fully saturated rings. The van der Waals surface area contributed by atoms with Crippen LogP contribution in [-0.4, -0.2) is 35.1 Å². The number of nitrogens with one attached hydrogen (secondary N) is 1. The van der Waals surface area contributed by atoms with E-state index in [1.165, 1.54) is 18.4 Å². The van der Waals surface area contributed by atoms with E-state index >= 15 is 0 Å². The summed E-state index contributed by atoms with van der Waals surface area (Å²) in [5, 5.41) is 3.57. The van der Waals surface area contributed by atoms with Crippen LogP contribution in [0.25, 0.3) is 0 Å². The zero-order valence-electron chi connectivity index (χ0n) is 12.9. The van der Waals surface area contributed by atoms with Crippen molar-refractivity contribution in [1.29, 1.82) is 0 Å². The van der Waals surface area contributed by atoms with Gasteiger partial charge < -0.3 is 5.32 Å². The molecule has 0 aliphatic carbocycles. The molecule has 19 heavy (non-hydrogen) atoms. The van der Waals surface area contributed by atoms with Crippen LogP contribution in [0.15, 0.2) is 24.5 Å². The van der Waals surface area contributed by atoms with Gasteiger partial charge in [0, 0.05) is 31.0 Å². The van der Waals surface area contributed by atoms with Gasteiger partial charge in [0.05, 0.1) is 0 Å². The van der Waals surface area contributed by atoms with Gasteiger partial charge in [-0.3, -0.25) is 9.88 Å². The first-order chi connectivity index (χ1) is 9.17. The summed E-state index contributed by atoms with van der Waals surface area (Å²) in [7, 11) is 0. The summed E-state index contributed by atoms with van der Waals surface area (Å²) in [5.41, 5.74) is 1.35. The van der Waals surface area contributed by atoms with Crippen molar-refractivity contribution in [1.82, 2.24) is 15.2 Å². The van der Waals surface area contributed by atoms with E-state index in [9.17, 15) is 0 Å². The molecular formula is C16H29N3. The molecule has 0 bridgehead atoms. The molecule has 0 amide bonds. The fourth-order valence-corrected chi connectivity index (χ4v) is 2.44. The minimum atomic E-state index is 0.585. The molecule has 1 N–H and O–H groups in total. The second-order valence-electron chi connectivity index (χ2n) is 5.36. The van der Waals surface area contributed by atoms with Crippen LogP contribution in [0.4, 0.5) is 0 Å². The summed E-state index contributed by atoms with van der Waals surface area (Å²) in [6, 6.07) is 5.39. The molecule has 0 radical (unpaired) electrons. The van der Waals surface area contributed by atoms with E-state index in [-0.39, 0.29) is 0 Å². The summed E-state index contributed by atoms with van der Waals surface area (Å²) < 4.78 is 0. The Kier molecular flexibility index (Phi) is 7.68. The molecule has 1 aromatic heterocycles. The zero-order valence-corrected chi connectivity index (χ0v) is 12.9. The lowest BCUT2D eigenvalue weighted by Gasteiger charge is -2.30. The Bertz CT molecular complexity index is 326. The third-order valence-corrected chi connectivity index (χ3v) is 3.60. The molecule has 2 unspecified atom stereocenters. The van der Waals surface area contributed by atoms with Crippen LogP contribution in [0.2, 0.25) is 0 Å². The molecule has 0 saturated heterocycles. The van der Waals surface area contributed by atoms with Gasteiger partial charge in [-0.05, 0) is 57.5 Å². The van der Waals surface area contributed by atoms with Gasteiger partial charge in [-0.2, -0.15) is 0 Å². The Hall–Kier alpha value is -0.930. The quantitative estimate of drug-likeness (QED) is 0.742. The molecule has 0 aromatic carbocycles. The number of aromatic nitrogens is 1. The standard InChI is InChI=1S/C16H29N3/c1-5-9-18-14(3)12-15(4)19(6-2)13-16-7-10-17-11-8-16/h7-8,10-11,14-15,18H,5-6,9,12-13H2,1-4H3. The summed E-state index contributed by atoms with van der Waals surface area (Å²) in [6.07, 6.45) is 6.14. The number of pyridine rings is 1. The monoisotopic (exact) mass is 263 g/mol. The van der Waals surface area contributed by atoms with Crippen molar-refractivity contribution in [3.63, 3.8) is 0 Å². The van der Waals surface area contributed by atoms with E-state index in [0.717, 1.165) is 19.6 Å². The molecule has 0 aliphatic rings. The highest BCUT2D eigenvalue weighted by Crippen LogP contribution is 2.11. The molecule has 108 valence electrons. The summed E-state index contributed by atoms with van der Waals surface area (Å²) in [6.45, 7) is 12.3. The number of hydrogen-bond acceptors (Lipinski definition) is 3. The molecule has 3 nitrogen and oxygen atoms in total. The lowest BCUT2D eigenvalue weighted by atomic mass is 10.1. The Labute approximate surface area is 118 Å². The average molecular weight is 263 g/mol. The van der Waals surface area contributed by atoms with Crippen LogP contribution in [0, 0.1) is 0 Å². The van der Waals surface area contributed by atoms with E-state index in [4.69, 9.17) is 0 Å². The third-order valence-electron chi connectivity index (χ3n) is 3.60. The van der Waals surface area contributed by atoms with E-state index in [2.05, 4.69) is 55.0 Å². The van der Waals surface area contributed by atoms with Crippen LogP contribution < -0.4 is 5.32 Å². The van der Waals surface area contributed by atoms with Crippen LogP contribution in [-0.2, 0) is 6.54 Å². The molecule has 0 spiro atoms. The molecule has 0 aliphatic heterocycles. The van der Waals surface area contributed by atoms with Gasteiger partial charge in [-0.25, -0.2) is 0 Å². The van der Waals surface area contributed by atoms with E-state index in [0.29, 0.717) is 12.1 Å². The summed E-state index contributed by atoms with van der Waals surface area (Å²) in [5.74, 6) is 0. The first-order valence-electron chi connectivity index (χ1n) is 7.53. The van der Waals surface area contributed by atoms with Crippen molar-refractivity contribution in [2.75, 3.05) is 13.1 Å². The van der Waals surface area contributed by atoms with Crippen LogP contribution in [0.5, 0.6) is 0 Å². The summed E-state index contributed by atoms with van der Waals surface area (Å²) >= 11 is 0. The first kappa shape index (κ1) is 16.1. The van der Waals surface area contributed by atoms with Crippen molar-refractivity contribution in [3.8, 4) is 0 Å². The minimum Gasteiger partial charge on any atom is -0.314 e. The Morgan fingerprint density at radius 1 is 1.21 bits per heavy atom. The van der Waals surface area contributed by atoms with Crippen LogP contribution in [0.1, 0.15) is 46.1 Å². The van der Waals surface area contributed by atoms with Crippen molar-refractivity contribution in [2.45, 2.75) is 59.2 Å². The SMILES string of the molecule is CCCNC(C)CC(C)N(CC)Cc1ccncc1.